The lowest BCUT2D eigenvalue weighted by atomic mass is 10.1. The van der Waals surface area contributed by atoms with E-state index in [1.54, 1.807) is 0 Å². The summed E-state index contributed by atoms with van der Waals surface area (Å²) in [5.74, 6) is 0.920. The van der Waals surface area contributed by atoms with Gasteiger partial charge in [-0.3, -0.25) is 9.36 Å². The van der Waals surface area contributed by atoms with Crippen molar-refractivity contribution in [1.29, 1.82) is 0 Å². The first-order chi connectivity index (χ1) is 15.0. The second-order valence-corrected chi connectivity index (χ2v) is 9.59. The molecule has 0 fully saturated rings. The zero-order valence-corrected chi connectivity index (χ0v) is 19.7. The van der Waals surface area contributed by atoms with Gasteiger partial charge in [0.2, 0.25) is 0 Å². The van der Waals surface area contributed by atoms with Crippen LogP contribution in [0.3, 0.4) is 0 Å². The first-order valence-corrected chi connectivity index (χ1v) is 11.7. The van der Waals surface area contributed by atoms with E-state index in [4.69, 9.17) is 0 Å². The fourth-order valence-corrected chi connectivity index (χ4v) is 4.58. The summed E-state index contributed by atoms with van der Waals surface area (Å²) in [5, 5.41) is 9.38. The van der Waals surface area contributed by atoms with E-state index in [0.29, 0.717) is 12.0 Å². The average molecular weight is 492 g/mol. The molecule has 0 amide bonds. The summed E-state index contributed by atoms with van der Waals surface area (Å²) in [6.45, 7) is 3.98. The van der Waals surface area contributed by atoms with Crippen LogP contribution < -0.4 is 0 Å². The summed E-state index contributed by atoms with van der Waals surface area (Å²) in [4.78, 5) is 13.0. The molecule has 3 aromatic carbocycles. The third kappa shape index (κ3) is 5.14. The van der Waals surface area contributed by atoms with E-state index in [0.717, 1.165) is 26.7 Å². The fourth-order valence-electron chi connectivity index (χ4n) is 3.36. The van der Waals surface area contributed by atoms with Crippen molar-refractivity contribution in [2.45, 2.75) is 30.7 Å². The summed E-state index contributed by atoms with van der Waals surface area (Å²) in [6.07, 6.45) is 0.664. The van der Waals surface area contributed by atoms with Crippen LogP contribution in [0.1, 0.15) is 34.2 Å². The molecular formula is C25H22BrN3OS. The first-order valence-electron chi connectivity index (χ1n) is 10.0. The Morgan fingerprint density at radius 2 is 1.74 bits per heavy atom. The van der Waals surface area contributed by atoms with Crippen molar-refractivity contribution in [3.05, 3.63) is 106 Å². The van der Waals surface area contributed by atoms with E-state index < -0.39 is 0 Å². The van der Waals surface area contributed by atoms with Gasteiger partial charge in [0.25, 0.3) is 0 Å². The molecule has 1 atom stereocenters. The van der Waals surface area contributed by atoms with Gasteiger partial charge in [0.05, 0.1) is 5.25 Å². The molecule has 0 spiro atoms. The Labute approximate surface area is 194 Å². The molecule has 0 aliphatic rings. The molecule has 6 heteroatoms. The SMILES string of the molecule is Cc1cccc(-n2c(Cc3ccccc3)nnc2S[C@H](C)C(=O)c2ccc(Br)cc2)c1. The van der Waals surface area contributed by atoms with Crippen LogP contribution in [0.25, 0.3) is 5.69 Å². The molecule has 0 aliphatic carbocycles. The van der Waals surface area contributed by atoms with Crippen molar-refractivity contribution in [2.24, 2.45) is 0 Å². The number of carbonyl (C=O) groups is 1. The second kappa shape index (κ2) is 9.62. The van der Waals surface area contributed by atoms with Gasteiger partial charge in [-0.2, -0.15) is 0 Å². The average Bonchev–Trinajstić information content (AvgIpc) is 3.16. The van der Waals surface area contributed by atoms with Gasteiger partial charge in [-0.05, 0) is 49.2 Å². The minimum absolute atomic E-state index is 0.0703. The van der Waals surface area contributed by atoms with Crippen molar-refractivity contribution in [1.82, 2.24) is 14.8 Å². The van der Waals surface area contributed by atoms with Gasteiger partial charge < -0.3 is 0 Å². The fraction of sp³-hybridized carbons (Fsp3) is 0.160. The van der Waals surface area contributed by atoms with E-state index in [1.165, 1.54) is 17.3 Å². The van der Waals surface area contributed by atoms with Crippen LogP contribution in [0.15, 0.2) is 88.5 Å². The molecule has 4 nitrogen and oxygen atoms in total. The predicted octanol–water partition coefficient (Wildman–Crippen LogP) is 6.29. The van der Waals surface area contributed by atoms with Gasteiger partial charge in [0, 0.05) is 22.1 Å². The standard InChI is InChI=1S/C25H22BrN3OS/c1-17-7-6-10-22(15-17)29-23(16-19-8-4-3-5-9-19)27-28-25(29)31-18(2)24(30)20-11-13-21(26)14-12-20/h3-15,18H,16H2,1-2H3/t18-/m1/s1. The quantitative estimate of drug-likeness (QED) is 0.225. The lowest BCUT2D eigenvalue weighted by molar-refractivity contribution is 0.0994. The molecule has 31 heavy (non-hydrogen) atoms. The van der Waals surface area contributed by atoms with Crippen LogP contribution in [-0.2, 0) is 6.42 Å². The molecular weight excluding hydrogens is 470 g/mol. The van der Waals surface area contributed by atoms with Gasteiger partial charge in [-0.1, -0.05) is 82.3 Å². The van der Waals surface area contributed by atoms with Gasteiger partial charge in [0.1, 0.15) is 5.82 Å². The van der Waals surface area contributed by atoms with Gasteiger partial charge in [0.15, 0.2) is 10.9 Å². The maximum absolute atomic E-state index is 13.0. The molecule has 4 aromatic rings. The number of ketones is 1. The van der Waals surface area contributed by atoms with Gasteiger partial charge >= 0.3 is 0 Å². The molecule has 156 valence electrons. The summed E-state index contributed by atoms with van der Waals surface area (Å²) in [7, 11) is 0. The molecule has 0 N–H and O–H groups in total. The normalized spacial score (nSPS) is 12.0. The Hall–Kier alpha value is -2.70. The summed E-state index contributed by atoms with van der Waals surface area (Å²) >= 11 is 4.86. The molecule has 0 radical (unpaired) electrons. The number of benzene rings is 3. The minimum Gasteiger partial charge on any atom is -0.293 e. The number of halogens is 1. The van der Waals surface area contributed by atoms with E-state index in [2.05, 4.69) is 67.9 Å². The van der Waals surface area contributed by atoms with Crippen LogP contribution in [0.5, 0.6) is 0 Å². The number of rotatable bonds is 7. The Morgan fingerprint density at radius 3 is 2.45 bits per heavy atom. The van der Waals surface area contributed by atoms with E-state index >= 15 is 0 Å². The van der Waals surface area contributed by atoms with Gasteiger partial charge in [-0.25, -0.2) is 0 Å². The van der Waals surface area contributed by atoms with Crippen LogP contribution in [0, 0.1) is 6.92 Å². The Morgan fingerprint density at radius 1 is 1.00 bits per heavy atom. The summed E-state index contributed by atoms with van der Waals surface area (Å²) in [5.41, 5.74) is 4.02. The number of carbonyl (C=O) groups excluding carboxylic acids is 1. The highest BCUT2D eigenvalue weighted by Gasteiger charge is 2.22. The van der Waals surface area contributed by atoms with E-state index in [9.17, 15) is 4.79 Å². The topological polar surface area (TPSA) is 47.8 Å². The minimum atomic E-state index is -0.293. The maximum Gasteiger partial charge on any atom is 0.196 e. The number of nitrogens with zero attached hydrogens (tertiary/aromatic N) is 3. The van der Waals surface area contributed by atoms with Crippen molar-refractivity contribution in [2.75, 3.05) is 0 Å². The van der Waals surface area contributed by atoms with Crippen molar-refractivity contribution in [3.63, 3.8) is 0 Å². The number of thioether (sulfide) groups is 1. The van der Waals surface area contributed by atoms with Crippen LogP contribution >= 0.6 is 27.7 Å². The highest BCUT2D eigenvalue weighted by molar-refractivity contribution is 9.10. The maximum atomic E-state index is 13.0. The highest BCUT2D eigenvalue weighted by Crippen LogP contribution is 2.29. The zero-order chi connectivity index (χ0) is 21.8. The monoisotopic (exact) mass is 491 g/mol. The lowest BCUT2D eigenvalue weighted by Gasteiger charge is -2.14. The lowest BCUT2D eigenvalue weighted by Crippen LogP contribution is -2.15. The van der Waals surface area contributed by atoms with Gasteiger partial charge in [-0.15, -0.1) is 10.2 Å². The number of Topliss-reactive ketones (excluding diaryl/α,β-unsaturated/α-hetero) is 1. The molecule has 0 unspecified atom stereocenters. The van der Waals surface area contributed by atoms with E-state index in [1.807, 2.05) is 55.5 Å². The second-order valence-electron chi connectivity index (χ2n) is 7.37. The molecule has 0 saturated carbocycles. The van der Waals surface area contributed by atoms with Crippen molar-refractivity contribution in [3.8, 4) is 5.69 Å². The summed E-state index contributed by atoms with van der Waals surface area (Å²) < 4.78 is 3.02. The smallest absolute Gasteiger partial charge is 0.196 e. The number of aromatic nitrogens is 3. The van der Waals surface area contributed by atoms with Crippen LogP contribution in [0.4, 0.5) is 0 Å². The summed E-state index contributed by atoms with van der Waals surface area (Å²) in [6, 6.07) is 25.9. The highest BCUT2D eigenvalue weighted by atomic mass is 79.9. The van der Waals surface area contributed by atoms with Crippen LogP contribution in [0.2, 0.25) is 0 Å². The molecule has 0 aliphatic heterocycles. The van der Waals surface area contributed by atoms with Crippen molar-refractivity contribution < 1.29 is 4.79 Å². The molecule has 1 heterocycles. The molecule has 0 saturated heterocycles. The Balaban J connectivity index is 1.66. The Bertz CT molecular complexity index is 1190. The van der Waals surface area contributed by atoms with Crippen LogP contribution in [-0.4, -0.2) is 25.8 Å². The zero-order valence-electron chi connectivity index (χ0n) is 17.3. The van der Waals surface area contributed by atoms with E-state index in [-0.39, 0.29) is 11.0 Å². The predicted molar refractivity (Wildman–Crippen MR) is 129 cm³/mol. The number of aryl methyl sites for hydroxylation is 1. The van der Waals surface area contributed by atoms with Crippen molar-refractivity contribution >= 4 is 33.5 Å². The molecule has 1 aromatic heterocycles. The number of hydrogen-bond acceptors (Lipinski definition) is 4. The number of hydrogen-bond donors (Lipinski definition) is 0. The molecule has 0 bridgehead atoms. The Kier molecular flexibility index (Phi) is 6.68. The third-order valence-corrected chi connectivity index (χ3v) is 6.52. The first kappa shape index (κ1) is 21.5. The molecule has 4 rings (SSSR count). The largest absolute Gasteiger partial charge is 0.293 e. The third-order valence-electron chi connectivity index (χ3n) is 4.95.